The second-order valence-corrected chi connectivity index (χ2v) is 11.8. The number of piperazine rings is 1. The van der Waals surface area contributed by atoms with Crippen LogP contribution in [0.5, 0.6) is 0 Å². The molecule has 0 radical (unpaired) electrons. The first-order chi connectivity index (χ1) is 15.9. The molecule has 1 spiro atoms. The van der Waals surface area contributed by atoms with Crippen molar-refractivity contribution in [2.45, 2.75) is 43.5 Å². The number of amides is 2. The zero-order valence-corrected chi connectivity index (χ0v) is 19.6. The highest BCUT2D eigenvalue weighted by Gasteiger charge is 2.90. The number of carbonyl (C=O) groups is 2. The van der Waals surface area contributed by atoms with Gasteiger partial charge in [0.2, 0.25) is 5.91 Å². The largest absolute Gasteiger partial charge is 0.350 e. The smallest absolute Gasteiger partial charge is 0.268 e. The molecule has 0 aromatic carbocycles. The van der Waals surface area contributed by atoms with Gasteiger partial charge < -0.3 is 15.5 Å². The number of pyridine rings is 1. The van der Waals surface area contributed by atoms with E-state index in [1.165, 1.54) is 19.3 Å². The van der Waals surface area contributed by atoms with E-state index in [0.717, 1.165) is 24.9 Å². The second-order valence-electron chi connectivity index (χ2n) is 11.1. The molecule has 6 aliphatic rings. The molecule has 2 aromatic rings. The molecule has 8 rings (SSSR count). The molecule has 33 heavy (non-hydrogen) atoms. The van der Waals surface area contributed by atoms with Gasteiger partial charge in [-0.3, -0.25) is 14.0 Å². The summed E-state index contributed by atoms with van der Waals surface area (Å²) in [6, 6.07) is 5.86. The van der Waals surface area contributed by atoms with E-state index in [2.05, 4.69) is 22.5 Å². The lowest BCUT2D eigenvalue weighted by atomic mass is 9.27. The van der Waals surface area contributed by atoms with E-state index in [4.69, 9.17) is 11.6 Å². The van der Waals surface area contributed by atoms with Crippen molar-refractivity contribution in [2.24, 2.45) is 29.1 Å². The van der Waals surface area contributed by atoms with Crippen LogP contribution in [0.15, 0.2) is 24.4 Å². The summed E-state index contributed by atoms with van der Waals surface area (Å²) in [5.74, 6) is 2.74. The Kier molecular flexibility index (Phi) is 4.13. The van der Waals surface area contributed by atoms with E-state index < -0.39 is 0 Å². The monoisotopic (exact) mass is 467 g/mol. The second kappa shape index (κ2) is 6.72. The average molecular weight is 468 g/mol. The van der Waals surface area contributed by atoms with E-state index in [0.29, 0.717) is 53.4 Å². The maximum Gasteiger partial charge on any atom is 0.268 e. The van der Waals surface area contributed by atoms with E-state index in [-0.39, 0.29) is 23.1 Å². The summed E-state index contributed by atoms with van der Waals surface area (Å²) in [7, 11) is 0. The van der Waals surface area contributed by atoms with Crippen molar-refractivity contribution in [3.8, 4) is 0 Å². The quantitative estimate of drug-likeness (QED) is 0.660. The molecule has 6 fully saturated rings. The molecule has 1 aliphatic heterocycles. The molecule has 2 aromatic heterocycles. The number of fused-ring (bicyclic) bond motifs is 2. The molecule has 7 atom stereocenters. The van der Waals surface area contributed by atoms with Gasteiger partial charge in [-0.2, -0.15) is 0 Å². The van der Waals surface area contributed by atoms with Crippen LogP contribution in [0.3, 0.4) is 0 Å². The van der Waals surface area contributed by atoms with Gasteiger partial charge in [-0.05, 0) is 67.4 Å². The highest BCUT2D eigenvalue weighted by Crippen LogP contribution is 2.92. The number of hydrogen-bond donors (Lipinski definition) is 2. The predicted molar refractivity (Wildman–Crippen MR) is 124 cm³/mol. The molecule has 7 nitrogen and oxygen atoms in total. The third kappa shape index (κ3) is 2.53. The Hall–Kier alpha value is -2.12. The molecule has 5 aliphatic carbocycles. The lowest BCUT2D eigenvalue weighted by molar-refractivity contribution is -0.271. The van der Waals surface area contributed by atoms with Crippen LogP contribution in [0.25, 0.3) is 5.65 Å². The first kappa shape index (κ1) is 20.3. The Labute approximate surface area is 198 Å². The topological polar surface area (TPSA) is 78.7 Å². The van der Waals surface area contributed by atoms with E-state index in [1.54, 1.807) is 0 Å². The number of nitrogens with zero attached hydrogens (tertiary/aromatic N) is 3. The summed E-state index contributed by atoms with van der Waals surface area (Å²) in [5, 5.41) is 6.55. The number of halogens is 1. The first-order valence-corrected chi connectivity index (χ1v) is 12.7. The molecule has 3 heterocycles. The summed E-state index contributed by atoms with van der Waals surface area (Å²) in [5.41, 5.74) is 2.37. The number of alkyl halides is 1. The third-order valence-corrected chi connectivity index (χ3v) is 10.4. The minimum atomic E-state index is -0.0864. The SMILES string of the molecule is C[C@@H]1CN(C(=O)Cc2cn3c(C(=O)NCC4CC56[C@H]7C[C@@H]5[C@H]4C6(Cl)C7)cccc3n2)CCN1. The van der Waals surface area contributed by atoms with Gasteiger partial charge in [0.25, 0.3) is 5.91 Å². The number of aromatic nitrogens is 2. The minimum absolute atomic E-state index is 0.0456. The van der Waals surface area contributed by atoms with Crippen molar-refractivity contribution in [3.63, 3.8) is 0 Å². The van der Waals surface area contributed by atoms with Crippen LogP contribution in [-0.4, -0.2) is 63.2 Å². The lowest BCUT2D eigenvalue weighted by Crippen LogP contribution is -2.81. The molecule has 1 saturated heterocycles. The minimum Gasteiger partial charge on any atom is -0.350 e. The zero-order valence-electron chi connectivity index (χ0n) is 18.9. The van der Waals surface area contributed by atoms with Gasteiger partial charge in [0.1, 0.15) is 11.3 Å². The molecule has 174 valence electrons. The van der Waals surface area contributed by atoms with Crippen LogP contribution in [-0.2, 0) is 11.2 Å². The fraction of sp³-hybridized carbons (Fsp3) is 0.640. The van der Waals surface area contributed by atoms with Gasteiger partial charge in [-0.1, -0.05) is 6.07 Å². The van der Waals surface area contributed by atoms with Crippen molar-refractivity contribution >= 4 is 29.1 Å². The van der Waals surface area contributed by atoms with Crippen LogP contribution >= 0.6 is 11.6 Å². The van der Waals surface area contributed by atoms with Crippen molar-refractivity contribution in [1.29, 1.82) is 0 Å². The summed E-state index contributed by atoms with van der Waals surface area (Å²) >= 11 is 6.98. The van der Waals surface area contributed by atoms with Crippen LogP contribution in [0, 0.1) is 29.1 Å². The predicted octanol–water partition coefficient (Wildman–Crippen LogP) is 2.08. The van der Waals surface area contributed by atoms with Crippen molar-refractivity contribution in [1.82, 2.24) is 24.9 Å². The van der Waals surface area contributed by atoms with E-state index in [1.807, 2.05) is 33.7 Å². The van der Waals surface area contributed by atoms with Crippen molar-refractivity contribution < 1.29 is 9.59 Å². The first-order valence-electron chi connectivity index (χ1n) is 12.4. The maximum absolute atomic E-state index is 13.1. The fourth-order valence-corrected chi connectivity index (χ4v) is 9.25. The van der Waals surface area contributed by atoms with E-state index >= 15 is 0 Å². The lowest BCUT2D eigenvalue weighted by Gasteiger charge is -2.81. The highest BCUT2D eigenvalue weighted by atomic mass is 35.5. The van der Waals surface area contributed by atoms with Gasteiger partial charge in [-0.15, -0.1) is 11.6 Å². The van der Waals surface area contributed by atoms with Gasteiger partial charge >= 0.3 is 0 Å². The molecule has 2 bridgehead atoms. The zero-order chi connectivity index (χ0) is 22.5. The number of rotatable bonds is 5. The van der Waals surface area contributed by atoms with Gasteiger partial charge in [0.05, 0.1) is 17.0 Å². The fourth-order valence-electron chi connectivity index (χ4n) is 8.36. The third-order valence-electron chi connectivity index (χ3n) is 9.67. The Balaban J connectivity index is 1.04. The van der Waals surface area contributed by atoms with Gasteiger partial charge in [-0.25, -0.2) is 4.98 Å². The Bertz CT molecular complexity index is 1180. The normalized spacial score (nSPS) is 39.9. The summed E-state index contributed by atoms with van der Waals surface area (Å²) in [6.07, 6.45) is 5.81. The van der Waals surface area contributed by atoms with Crippen molar-refractivity contribution in [2.75, 3.05) is 26.2 Å². The van der Waals surface area contributed by atoms with E-state index in [9.17, 15) is 9.59 Å². The number of imidazole rings is 1. The van der Waals surface area contributed by atoms with Crippen LogP contribution in [0.4, 0.5) is 0 Å². The molecular formula is C25H30ClN5O2. The van der Waals surface area contributed by atoms with Crippen molar-refractivity contribution in [3.05, 3.63) is 35.8 Å². The van der Waals surface area contributed by atoms with Gasteiger partial charge in [0.15, 0.2) is 0 Å². The standard InChI is InChI=1S/C25H30ClN5O2/c1-14-12-30(6-5-27-14)21(32)8-17-13-31-19(3-2-4-20(31)29-17)23(33)28-11-15-9-24-16-7-18(24)22(15)25(24,26)10-16/h2-4,13-16,18,22,27H,5-12H2,1H3,(H,28,33)/t14-,15?,16+,18-,22+,24?,25?/m1/s1. The maximum atomic E-state index is 13.1. The number of nitrogens with one attached hydrogen (secondary N) is 2. The molecular weight excluding hydrogens is 438 g/mol. The summed E-state index contributed by atoms with van der Waals surface area (Å²) in [6.45, 7) is 5.04. The molecule has 3 unspecified atom stereocenters. The number of hydrogen-bond acceptors (Lipinski definition) is 4. The Morgan fingerprint density at radius 2 is 2.21 bits per heavy atom. The Morgan fingerprint density at radius 3 is 2.94 bits per heavy atom. The summed E-state index contributed by atoms with van der Waals surface area (Å²) < 4.78 is 1.81. The van der Waals surface area contributed by atoms with Crippen LogP contribution in [0.1, 0.15) is 42.4 Å². The molecule has 5 saturated carbocycles. The summed E-state index contributed by atoms with van der Waals surface area (Å²) in [4.78, 5) is 32.5. The van der Waals surface area contributed by atoms with Crippen LogP contribution < -0.4 is 10.6 Å². The molecule has 2 amide bonds. The Morgan fingerprint density at radius 1 is 1.33 bits per heavy atom. The molecule has 8 heteroatoms. The average Bonchev–Trinajstić information content (AvgIpc) is 3.42. The highest BCUT2D eigenvalue weighted by molar-refractivity contribution is 6.27. The molecule has 2 N–H and O–H groups in total. The number of carbonyl (C=O) groups excluding carboxylic acids is 2. The van der Waals surface area contributed by atoms with Gasteiger partial charge in [0, 0.05) is 38.4 Å². The van der Waals surface area contributed by atoms with Crippen LogP contribution in [0.2, 0.25) is 0 Å².